The molecule has 2 aromatic carbocycles. The highest BCUT2D eigenvalue weighted by atomic mass is 35.5. The molecule has 370 valence electrons. The first kappa shape index (κ1) is 51.2. The average Bonchev–Trinajstić information content (AvgIpc) is 4.15. The highest BCUT2D eigenvalue weighted by molar-refractivity contribution is 7.13. The summed E-state index contributed by atoms with van der Waals surface area (Å²) >= 11 is 7.98. The van der Waals surface area contributed by atoms with Gasteiger partial charge < -0.3 is 55.9 Å². The fourth-order valence-corrected chi connectivity index (χ4v) is 9.74. The minimum absolute atomic E-state index is 0.0862. The van der Waals surface area contributed by atoms with E-state index in [4.69, 9.17) is 26.8 Å². The molecule has 2 saturated heterocycles. The zero-order chi connectivity index (χ0) is 49.4. The van der Waals surface area contributed by atoms with Crippen molar-refractivity contribution in [3.05, 3.63) is 88.4 Å². The molecule has 69 heavy (non-hydrogen) atoms. The molecule has 5 aromatic rings. The van der Waals surface area contributed by atoms with Gasteiger partial charge in [0.2, 0.25) is 23.6 Å². The standard InChI is InChI=1S/C49H62ClN9O9S/c1-28-42(69-27-56-28)30-15-13-29(14-16-30)25-53-46(65)34-10-9-21-58(34)47(66)43(49(2,3)4)57-37(61)12-8-6-5-7-11-36(60)52-20-23-67-35-24-31(17-18-33(35)50)38(62)41-39(63)40(64)48(68-41)59-22-19-32-44(51)54-26-55-45(32)59/h13-19,22,24,26-27,34,38-41,43,48,62-64H,5-12,20-21,23,25H2,1-4H3,(H,52,60)(H,53,65)(H,57,61)(H2,51,54,55)/t34-,38-,39-,40+,41?,43+,48+/m0/s1. The van der Waals surface area contributed by atoms with Crippen LogP contribution in [-0.4, -0.2) is 113 Å². The zero-order valence-corrected chi connectivity index (χ0v) is 40.8. The van der Waals surface area contributed by atoms with Crippen LogP contribution in [0.25, 0.3) is 21.5 Å². The van der Waals surface area contributed by atoms with E-state index >= 15 is 0 Å². The SMILES string of the molecule is Cc1ncsc1-c1ccc(CNC(=O)[C@@H]2CCCN2C(=O)[C@@H](NC(=O)CCCCCCC(=O)NCCOc2cc([C@H](O)C3O[C@@H](n4ccc5c(N)ncnc54)[C@H](O)[C@@H]3O)ccc2Cl)C(C)(C)C)cc1. The molecule has 2 aliphatic heterocycles. The molecule has 7 rings (SSSR count). The fraction of sp³-hybridized carbons (Fsp3) is 0.490. The van der Waals surface area contributed by atoms with Gasteiger partial charge in [0.1, 0.15) is 66.6 Å². The number of nitrogens with two attached hydrogens (primary N) is 1. The number of thiazole rings is 1. The second-order valence-corrected chi connectivity index (χ2v) is 19.9. The number of rotatable bonds is 20. The molecule has 0 aliphatic carbocycles. The summed E-state index contributed by atoms with van der Waals surface area (Å²) in [6.07, 6.45) is 0.833. The summed E-state index contributed by atoms with van der Waals surface area (Å²) in [4.78, 5) is 68.4. The number of carbonyl (C=O) groups excluding carboxylic acids is 4. The monoisotopic (exact) mass is 987 g/mol. The maximum atomic E-state index is 14.0. The van der Waals surface area contributed by atoms with Crippen molar-refractivity contribution in [1.29, 1.82) is 0 Å². The topological polar surface area (TPSA) is 256 Å². The van der Waals surface area contributed by atoms with Gasteiger partial charge >= 0.3 is 0 Å². The minimum Gasteiger partial charge on any atom is -0.490 e. The van der Waals surface area contributed by atoms with Gasteiger partial charge in [-0.15, -0.1) is 11.3 Å². The number of aliphatic hydroxyl groups excluding tert-OH is 3. The molecule has 2 aliphatic rings. The van der Waals surface area contributed by atoms with E-state index in [9.17, 15) is 34.5 Å². The Balaban J connectivity index is 0.785. The van der Waals surface area contributed by atoms with Crippen molar-refractivity contribution in [1.82, 2.24) is 40.4 Å². The Morgan fingerprint density at radius 2 is 1.71 bits per heavy atom. The number of likely N-dealkylation sites (tertiary alicyclic amines) is 1. The first-order valence-electron chi connectivity index (χ1n) is 23.3. The molecule has 18 nitrogen and oxygen atoms in total. The molecule has 4 amide bonds. The van der Waals surface area contributed by atoms with Crippen LogP contribution in [0.15, 0.2) is 66.6 Å². The van der Waals surface area contributed by atoms with Crippen LogP contribution in [0.4, 0.5) is 5.82 Å². The lowest BCUT2D eigenvalue weighted by Gasteiger charge is -2.35. The number of unbranched alkanes of at least 4 members (excludes halogenated alkanes) is 3. The van der Waals surface area contributed by atoms with Gasteiger partial charge in [0.05, 0.1) is 33.0 Å². The molecule has 8 N–H and O–H groups in total. The highest BCUT2D eigenvalue weighted by Crippen LogP contribution is 2.39. The molecule has 20 heteroatoms. The molecule has 0 saturated carbocycles. The van der Waals surface area contributed by atoms with E-state index < -0.39 is 48.1 Å². The van der Waals surface area contributed by atoms with Crippen LogP contribution in [0.2, 0.25) is 5.02 Å². The summed E-state index contributed by atoms with van der Waals surface area (Å²) in [6.45, 7) is 8.73. The number of aromatic nitrogens is 4. The van der Waals surface area contributed by atoms with Gasteiger partial charge in [0.25, 0.3) is 0 Å². The largest absolute Gasteiger partial charge is 0.490 e. The Morgan fingerprint density at radius 1 is 0.971 bits per heavy atom. The second-order valence-electron chi connectivity index (χ2n) is 18.7. The molecule has 5 heterocycles. The van der Waals surface area contributed by atoms with Crippen LogP contribution in [-0.2, 0) is 30.5 Å². The van der Waals surface area contributed by atoms with Crippen LogP contribution < -0.4 is 26.4 Å². The van der Waals surface area contributed by atoms with Gasteiger partial charge in [-0.3, -0.25) is 19.2 Å². The number of benzene rings is 2. The summed E-state index contributed by atoms with van der Waals surface area (Å²) < 4.78 is 13.3. The number of anilines is 1. The first-order chi connectivity index (χ1) is 33.0. The molecular formula is C49H62ClN9O9S. The molecule has 0 bridgehead atoms. The summed E-state index contributed by atoms with van der Waals surface area (Å²) in [5, 5.41) is 42.7. The van der Waals surface area contributed by atoms with Gasteiger partial charge in [-0.2, -0.15) is 0 Å². The number of nitrogens with one attached hydrogen (secondary N) is 3. The van der Waals surface area contributed by atoms with Gasteiger partial charge in [-0.25, -0.2) is 15.0 Å². The second kappa shape index (κ2) is 22.8. The van der Waals surface area contributed by atoms with Crippen molar-refractivity contribution in [2.75, 3.05) is 25.4 Å². The lowest BCUT2D eigenvalue weighted by Crippen LogP contribution is -2.57. The lowest BCUT2D eigenvalue weighted by molar-refractivity contribution is -0.143. The maximum absolute atomic E-state index is 14.0. The molecular weight excluding hydrogens is 926 g/mol. The van der Waals surface area contributed by atoms with Gasteiger partial charge in [-0.05, 0) is 72.9 Å². The number of nitrogen functional groups attached to an aromatic ring is 1. The molecule has 0 radical (unpaired) electrons. The number of hydrogen-bond donors (Lipinski definition) is 7. The smallest absolute Gasteiger partial charge is 0.246 e. The van der Waals surface area contributed by atoms with Crippen LogP contribution >= 0.6 is 22.9 Å². The first-order valence-corrected chi connectivity index (χ1v) is 24.6. The van der Waals surface area contributed by atoms with Crippen molar-refractivity contribution in [3.63, 3.8) is 0 Å². The predicted octanol–water partition coefficient (Wildman–Crippen LogP) is 5.13. The Kier molecular flexibility index (Phi) is 16.9. The fourth-order valence-electron chi connectivity index (χ4n) is 8.75. The predicted molar refractivity (Wildman–Crippen MR) is 261 cm³/mol. The number of hydrogen-bond acceptors (Lipinski definition) is 14. The van der Waals surface area contributed by atoms with Crippen molar-refractivity contribution < 1.29 is 44.0 Å². The number of carbonyl (C=O) groups is 4. The number of nitrogens with zero attached hydrogens (tertiary/aromatic N) is 5. The minimum atomic E-state index is -1.45. The number of ether oxygens (including phenoxy) is 2. The normalized spacial score (nSPS) is 20.2. The van der Waals surface area contributed by atoms with E-state index in [1.807, 2.05) is 57.5 Å². The van der Waals surface area contributed by atoms with Gasteiger partial charge in [0.15, 0.2) is 6.23 Å². The quantitative estimate of drug-likeness (QED) is 0.0501. The van der Waals surface area contributed by atoms with E-state index in [2.05, 4.69) is 30.9 Å². The van der Waals surface area contributed by atoms with Crippen molar-refractivity contribution in [2.45, 2.75) is 128 Å². The molecule has 1 unspecified atom stereocenters. The third-order valence-electron chi connectivity index (χ3n) is 12.6. The maximum Gasteiger partial charge on any atom is 0.246 e. The Bertz CT molecular complexity index is 2590. The Morgan fingerprint density at radius 3 is 2.42 bits per heavy atom. The molecule has 3 aromatic heterocycles. The zero-order valence-electron chi connectivity index (χ0n) is 39.3. The van der Waals surface area contributed by atoms with Crippen molar-refractivity contribution >= 4 is 63.4 Å². The third-order valence-corrected chi connectivity index (χ3v) is 13.9. The number of fused-ring (bicyclic) bond motifs is 1. The summed E-state index contributed by atoms with van der Waals surface area (Å²) in [6, 6.07) is 12.9. The summed E-state index contributed by atoms with van der Waals surface area (Å²) in [5.74, 6) is -0.372. The summed E-state index contributed by atoms with van der Waals surface area (Å²) in [7, 11) is 0. The Hall–Kier alpha value is -5.70. The van der Waals surface area contributed by atoms with Crippen molar-refractivity contribution in [3.8, 4) is 16.2 Å². The highest BCUT2D eigenvalue weighted by Gasteiger charge is 2.48. The lowest BCUT2D eigenvalue weighted by atomic mass is 9.85. The average molecular weight is 989 g/mol. The van der Waals surface area contributed by atoms with E-state index in [1.165, 1.54) is 23.0 Å². The third kappa shape index (κ3) is 12.4. The van der Waals surface area contributed by atoms with Crippen molar-refractivity contribution in [2.24, 2.45) is 5.41 Å². The van der Waals surface area contributed by atoms with Crippen LogP contribution in [0.3, 0.4) is 0 Å². The van der Waals surface area contributed by atoms with Crippen LogP contribution in [0.5, 0.6) is 5.75 Å². The van der Waals surface area contributed by atoms with E-state index in [1.54, 1.807) is 34.6 Å². The molecule has 0 spiro atoms. The number of halogens is 1. The van der Waals surface area contributed by atoms with E-state index in [0.717, 1.165) is 34.5 Å². The van der Waals surface area contributed by atoms with Gasteiger partial charge in [-0.1, -0.05) is 75.5 Å². The molecule has 2 fully saturated rings. The van der Waals surface area contributed by atoms with Crippen LogP contribution in [0.1, 0.15) is 101 Å². The van der Waals surface area contributed by atoms with E-state index in [0.29, 0.717) is 55.4 Å². The number of aryl methyl sites for hydroxylation is 1. The number of aliphatic hydroxyl groups is 3. The van der Waals surface area contributed by atoms with Crippen LogP contribution in [0, 0.1) is 12.3 Å². The number of amides is 4. The molecule has 7 atom stereocenters. The Labute approximate surface area is 410 Å². The van der Waals surface area contributed by atoms with E-state index in [-0.39, 0.29) is 66.2 Å². The summed E-state index contributed by atoms with van der Waals surface area (Å²) in [5.41, 5.74) is 10.9. The van der Waals surface area contributed by atoms with Gasteiger partial charge in [0, 0.05) is 32.1 Å².